The molecular formula is C18H27N3O5. The number of hydrogen-bond acceptors (Lipinski definition) is 5. The quantitative estimate of drug-likeness (QED) is 0.384. The zero-order valence-corrected chi connectivity index (χ0v) is 15.0. The molecule has 8 heteroatoms. The molecule has 0 saturated carbocycles. The number of carbonyl (C=O) groups excluding carboxylic acids is 2. The lowest BCUT2D eigenvalue weighted by Gasteiger charge is -2.23. The molecule has 0 aliphatic heterocycles. The third kappa shape index (κ3) is 6.45. The van der Waals surface area contributed by atoms with Gasteiger partial charge in [-0.05, 0) is 11.5 Å². The average molecular weight is 365 g/mol. The Morgan fingerprint density at radius 3 is 2.15 bits per heavy atom. The van der Waals surface area contributed by atoms with Gasteiger partial charge in [0.1, 0.15) is 12.1 Å². The summed E-state index contributed by atoms with van der Waals surface area (Å²) in [5, 5.41) is 23.4. The minimum Gasteiger partial charge on any atom is -0.480 e. The van der Waals surface area contributed by atoms with Gasteiger partial charge in [0.15, 0.2) is 0 Å². The van der Waals surface area contributed by atoms with Gasteiger partial charge in [-0.2, -0.15) is 0 Å². The van der Waals surface area contributed by atoms with Crippen LogP contribution in [0, 0.1) is 5.92 Å². The maximum Gasteiger partial charge on any atom is 0.326 e. The number of hydrogen-bond donors (Lipinski definition) is 5. The second-order valence-corrected chi connectivity index (χ2v) is 6.24. The van der Waals surface area contributed by atoms with Gasteiger partial charge < -0.3 is 26.6 Å². The molecule has 26 heavy (non-hydrogen) atoms. The highest BCUT2D eigenvalue weighted by atomic mass is 16.4. The predicted octanol–water partition coefficient (Wildman–Crippen LogP) is -0.351. The van der Waals surface area contributed by atoms with Gasteiger partial charge in [0.05, 0.1) is 12.6 Å². The van der Waals surface area contributed by atoms with Crippen molar-refractivity contribution in [3.63, 3.8) is 0 Å². The summed E-state index contributed by atoms with van der Waals surface area (Å²) in [6.07, 6.45) is 0.767. The van der Waals surface area contributed by atoms with Crippen LogP contribution in [0.1, 0.15) is 25.8 Å². The number of carbonyl (C=O) groups is 3. The highest BCUT2D eigenvalue weighted by Crippen LogP contribution is 2.06. The molecule has 2 amide bonds. The van der Waals surface area contributed by atoms with Gasteiger partial charge in [-0.1, -0.05) is 50.6 Å². The number of amides is 2. The molecule has 144 valence electrons. The van der Waals surface area contributed by atoms with Crippen LogP contribution in [0.5, 0.6) is 0 Å². The molecule has 0 spiro atoms. The van der Waals surface area contributed by atoms with Crippen molar-refractivity contribution < 1.29 is 24.6 Å². The summed E-state index contributed by atoms with van der Waals surface area (Å²) in [7, 11) is 0. The zero-order valence-electron chi connectivity index (χ0n) is 15.0. The average Bonchev–Trinajstić information content (AvgIpc) is 2.64. The predicted molar refractivity (Wildman–Crippen MR) is 96.2 cm³/mol. The van der Waals surface area contributed by atoms with Crippen molar-refractivity contribution in [2.45, 2.75) is 44.8 Å². The Kier molecular flexibility index (Phi) is 8.74. The lowest BCUT2D eigenvalue weighted by atomic mass is 9.99. The molecule has 6 N–H and O–H groups in total. The number of aliphatic carboxylic acids is 1. The van der Waals surface area contributed by atoms with Crippen molar-refractivity contribution in [2.75, 3.05) is 6.61 Å². The Balaban J connectivity index is 2.73. The van der Waals surface area contributed by atoms with E-state index < -0.39 is 42.5 Å². The van der Waals surface area contributed by atoms with E-state index in [0.29, 0.717) is 6.42 Å². The number of nitrogens with one attached hydrogen (secondary N) is 2. The molecule has 0 fully saturated rings. The molecule has 0 saturated heterocycles. The second-order valence-electron chi connectivity index (χ2n) is 6.24. The van der Waals surface area contributed by atoms with Crippen molar-refractivity contribution >= 4 is 17.8 Å². The Bertz CT molecular complexity index is 608. The normalized spacial score (nSPS) is 15.4. The molecule has 1 aromatic rings. The number of rotatable bonds is 10. The minimum absolute atomic E-state index is 0.0837. The van der Waals surface area contributed by atoms with Crippen LogP contribution in [-0.2, 0) is 20.8 Å². The van der Waals surface area contributed by atoms with Gasteiger partial charge in [0, 0.05) is 6.42 Å². The Morgan fingerprint density at radius 1 is 1.08 bits per heavy atom. The van der Waals surface area contributed by atoms with Crippen LogP contribution in [-0.4, -0.2) is 52.7 Å². The minimum atomic E-state index is -1.27. The van der Waals surface area contributed by atoms with Gasteiger partial charge in [0.25, 0.3) is 0 Å². The van der Waals surface area contributed by atoms with E-state index in [9.17, 15) is 24.6 Å². The number of benzene rings is 1. The van der Waals surface area contributed by atoms with Crippen LogP contribution in [0.4, 0.5) is 0 Å². The SMILES string of the molecule is CCC(C)C(N)C(=O)NC(CO)C(=O)NC(Cc1ccccc1)C(=O)O. The first-order valence-corrected chi connectivity index (χ1v) is 8.54. The highest BCUT2D eigenvalue weighted by molar-refractivity contribution is 5.92. The molecule has 1 aromatic carbocycles. The number of carboxylic acid groups (broad SMARTS) is 1. The van der Waals surface area contributed by atoms with Crippen molar-refractivity contribution in [1.29, 1.82) is 0 Å². The monoisotopic (exact) mass is 365 g/mol. The van der Waals surface area contributed by atoms with E-state index in [2.05, 4.69) is 10.6 Å². The van der Waals surface area contributed by atoms with Crippen LogP contribution in [0.3, 0.4) is 0 Å². The van der Waals surface area contributed by atoms with Gasteiger partial charge in [-0.15, -0.1) is 0 Å². The topological polar surface area (TPSA) is 142 Å². The maximum atomic E-state index is 12.3. The first kappa shape index (κ1) is 21.6. The first-order chi connectivity index (χ1) is 12.3. The largest absolute Gasteiger partial charge is 0.480 e. The summed E-state index contributed by atoms with van der Waals surface area (Å²) < 4.78 is 0. The van der Waals surface area contributed by atoms with Crippen LogP contribution in [0.2, 0.25) is 0 Å². The fourth-order valence-corrected chi connectivity index (χ4v) is 2.30. The third-order valence-corrected chi connectivity index (χ3v) is 4.27. The molecule has 0 radical (unpaired) electrons. The molecule has 0 bridgehead atoms. The van der Waals surface area contributed by atoms with Crippen molar-refractivity contribution in [3.05, 3.63) is 35.9 Å². The summed E-state index contributed by atoms with van der Waals surface area (Å²) in [5.74, 6) is -2.65. The summed E-state index contributed by atoms with van der Waals surface area (Å²) in [6, 6.07) is 5.56. The summed E-state index contributed by atoms with van der Waals surface area (Å²) in [5.41, 5.74) is 6.55. The van der Waals surface area contributed by atoms with E-state index in [1.165, 1.54) is 0 Å². The standard InChI is InChI=1S/C18H27N3O5/c1-3-11(2)15(19)17(24)21-14(10-22)16(23)20-13(18(25)26)9-12-7-5-4-6-8-12/h4-8,11,13-15,22H,3,9-10,19H2,1-2H3,(H,20,23)(H,21,24)(H,25,26). The molecule has 4 atom stereocenters. The first-order valence-electron chi connectivity index (χ1n) is 8.54. The highest BCUT2D eigenvalue weighted by Gasteiger charge is 2.28. The van der Waals surface area contributed by atoms with E-state index in [1.54, 1.807) is 37.3 Å². The van der Waals surface area contributed by atoms with Crippen molar-refractivity contribution in [2.24, 2.45) is 11.7 Å². The van der Waals surface area contributed by atoms with Gasteiger partial charge >= 0.3 is 5.97 Å². The van der Waals surface area contributed by atoms with Crippen LogP contribution >= 0.6 is 0 Å². The fourth-order valence-electron chi connectivity index (χ4n) is 2.30. The number of carboxylic acids is 1. The van der Waals surface area contributed by atoms with Gasteiger partial charge in [0.2, 0.25) is 11.8 Å². The molecule has 0 aliphatic rings. The van der Waals surface area contributed by atoms with Crippen LogP contribution < -0.4 is 16.4 Å². The fraction of sp³-hybridized carbons (Fsp3) is 0.500. The van der Waals surface area contributed by atoms with Gasteiger partial charge in [-0.25, -0.2) is 4.79 Å². The third-order valence-electron chi connectivity index (χ3n) is 4.27. The van der Waals surface area contributed by atoms with E-state index in [-0.39, 0.29) is 12.3 Å². The molecule has 8 nitrogen and oxygen atoms in total. The van der Waals surface area contributed by atoms with E-state index in [1.807, 2.05) is 6.92 Å². The van der Waals surface area contributed by atoms with Crippen molar-refractivity contribution in [1.82, 2.24) is 10.6 Å². The zero-order chi connectivity index (χ0) is 19.7. The Morgan fingerprint density at radius 2 is 1.65 bits per heavy atom. The van der Waals surface area contributed by atoms with Crippen molar-refractivity contribution in [3.8, 4) is 0 Å². The smallest absolute Gasteiger partial charge is 0.326 e. The van der Waals surface area contributed by atoms with Crippen LogP contribution in [0.15, 0.2) is 30.3 Å². The molecular weight excluding hydrogens is 338 g/mol. The molecule has 0 aromatic heterocycles. The van der Waals surface area contributed by atoms with Crippen LogP contribution in [0.25, 0.3) is 0 Å². The maximum absolute atomic E-state index is 12.3. The molecule has 4 unspecified atom stereocenters. The summed E-state index contributed by atoms with van der Waals surface area (Å²) >= 11 is 0. The number of aliphatic hydroxyl groups excluding tert-OH is 1. The second kappa shape index (κ2) is 10.5. The van der Waals surface area contributed by atoms with E-state index in [4.69, 9.17) is 5.73 Å². The summed E-state index contributed by atoms with van der Waals surface area (Å²) in [4.78, 5) is 35.8. The molecule has 0 aliphatic carbocycles. The van der Waals surface area contributed by atoms with E-state index >= 15 is 0 Å². The summed E-state index contributed by atoms with van der Waals surface area (Å²) in [6.45, 7) is 3.02. The Labute approximate surface area is 152 Å². The van der Waals surface area contributed by atoms with E-state index in [0.717, 1.165) is 5.56 Å². The Hall–Kier alpha value is -2.45. The molecule has 0 heterocycles. The lowest BCUT2D eigenvalue weighted by Crippen LogP contribution is -2.57. The van der Waals surface area contributed by atoms with Gasteiger partial charge in [-0.3, -0.25) is 9.59 Å². The number of nitrogens with two attached hydrogens (primary N) is 1. The molecule has 1 rings (SSSR count). The number of aliphatic hydroxyl groups is 1. The lowest BCUT2D eigenvalue weighted by molar-refractivity contribution is -0.142.